The second-order valence-electron chi connectivity index (χ2n) is 5.84. The zero-order valence-electron chi connectivity index (χ0n) is 12.6. The van der Waals surface area contributed by atoms with Crippen molar-refractivity contribution in [2.24, 2.45) is 5.73 Å². The normalized spacial score (nSPS) is 17.2. The Labute approximate surface area is 122 Å². The van der Waals surface area contributed by atoms with Crippen molar-refractivity contribution in [3.05, 3.63) is 35.9 Å². The van der Waals surface area contributed by atoms with Crippen LogP contribution in [0.15, 0.2) is 30.3 Å². The number of amides is 1. The lowest BCUT2D eigenvalue weighted by Crippen LogP contribution is -2.56. The number of hydrogen-bond donors (Lipinski definition) is 1. The summed E-state index contributed by atoms with van der Waals surface area (Å²) in [6, 6.07) is 10.6. The fourth-order valence-electron chi connectivity index (χ4n) is 3.01. The van der Waals surface area contributed by atoms with Gasteiger partial charge in [0.15, 0.2) is 0 Å². The first kappa shape index (κ1) is 15.0. The molecule has 2 rings (SSSR count). The van der Waals surface area contributed by atoms with Gasteiger partial charge in [0.05, 0.1) is 5.54 Å². The predicted octanol–water partition coefficient (Wildman–Crippen LogP) is 2.91. The number of nitrogens with zero attached hydrogens (tertiary/aromatic N) is 1. The molecule has 3 nitrogen and oxygen atoms in total. The monoisotopic (exact) mass is 274 g/mol. The highest BCUT2D eigenvalue weighted by Gasteiger charge is 2.35. The Hall–Kier alpha value is -1.35. The summed E-state index contributed by atoms with van der Waals surface area (Å²) in [5.74, 6) is 0.713. The molecule has 0 bridgehead atoms. The zero-order chi connectivity index (χ0) is 14.6. The van der Waals surface area contributed by atoms with Crippen molar-refractivity contribution in [2.45, 2.75) is 51.0 Å². The number of carbonyl (C=O) groups excluding carboxylic acids is 1. The lowest BCUT2D eigenvalue weighted by Gasteiger charge is -2.37. The summed E-state index contributed by atoms with van der Waals surface area (Å²) in [7, 11) is 0. The van der Waals surface area contributed by atoms with E-state index in [9.17, 15) is 4.79 Å². The van der Waals surface area contributed by atoms with Crippen LogP contribution in [0.5, 0.6) is 0 Å². The molecule has 0 spiro atoms. The molecule has 0 aliphatic carbocycles. The largest absolute Gasteiger partial charge is 0.341 e. The van der Waals surface area contributed by atoms with Crippen LogP contribution in [0.3, 0.4) is 0 Å². The van der Waals surface area contributed by atoms with Crippen LogP contribution in [0.2, 0.25) is 0 Å². The summed E-state index contributed by atoms with van der Waals surface area (Å²) in [6.07, 6.45) is 3.50. The topological polar surface area (TPSA) is 46.3 Å². The summed E-state index contributed by atoms with van der Waals surface area (Å²) >= 11 is 0. The molecule has 1 aliphatic rings. The van der Waals surface area contributed by atoms with Crippen molar-refractivity contribution >= 4 is 5.91 Å². The third-order valence-corrected chi connectivity index (χ3v) is 4.74. The highest BCUT2D eigenvalue weighted by atomic mass is 16.2. The van der Waals surface area contributed by atoms with E-state index in [1.807, 2.05) is 24.8 Å². The molecule has 1 amide bonds. The van der Waals surface area contributed by atoms with Crippen LogP contribution >= 0.6 is 0 Å². The highest BCUT2D eigenvalue weighted by Crippen LogP contribution is 2.29. The van der Waals surface area contributed by atoms with Crippen LogP contribution in [-0.4, -0.2) is 29.4 Å². The number of nitrogens with two attached hydrogens (primary N) is 1. The van der Waals surface area contributed by atoms with Crippen LogP contribution in [0, 0.1) is 0 Å². The summed E-state index contributed by atoms with van der Waals surface area (Å²) in [5.41, 5.74) is 6.95. The number of likely N-dealkylation sites (tertiary alicyclic amines) is 1. The lowest BCUT2D eigenvalue weighted by atomic mass is 9.87. The maximum absolute atomic E-state index is 12.5. The van der Waals surface area contributed by atoms with Gasteiger partial charge in [0, 0.05) is 13.1 Å². The Kier molecular flexibility index (Phi) is 4.81. The fourth-order valence-corrected chi connectivity index (χ4v) is 3.01. The quantitative estimate of drug-likeness (QED) is 0.917. The van der Waals surface area contributed by atoms with Crippen LogP contribution in [0.1, 0.15) is 51.0 Å². The van der Waals surface area contributed by atoms with E-state index in [-0.39, 0.29) is 5.91 Å². The van der Waals surface area contributed by atoms with Gasteiger partial charge in [-0.1, -0.05) is 44.2 Å². The summed E-state index contributed by atoms with van der Waals surface area (Å²) in [4.78, 5) is 14.5. The molecule has 1 aromatic rings. The molecule has 1 heterocycles. The minimum Gasteiger partial charge on any atom is -0.341 e. The van der Waals surface area contributed by atoms with Crippen molar-refractivity contribution in [1.82, 2.24) is 4.90 Å². The van der Waals surface area contributed by atoms with Gasteiger partial charge in [0.2, 0.25) is 5.91 Å². The fraction of sp³-hybridized carbons (Fsp3) is 0.588. The molecule has 2 N–H and O–H groups in total. The number of piperidine rings is 1. The van der Waals surface area contributed by atoms with Gasteiger partial charge in [-0.3, -0.25) is 4.79 Å². The SMILES string of the molecule is CCC(N)(CC)C(=O)N1CCC(c2ccccc2)CC1. The molecular weight excluding hydrogens is 248 g/mol. The third-order valence-electron chi connectivity index (χ3n) is 4.74. The van der Waals surface area contributed by atoms with Gasteiger partial charge in [0.25, 0.3) is 0 Å². The maximum Gasteiger partial charge on any atom is 0.242 e. The van der Waals surface area contributed by atoms with E-state index in [0.29, 0.717) is 18.8 Å². The Morgan fingerprint density at radius 3 is 2.25 bits per heavy atom. The van der Waals surface area contributed by atoms with Crippen molar-refractivity contribution in [1.29, 1.82) is 0 Å². The van der Waals surface area contributed by atoms with E-state index >= 15 is 0 Å². The van der Waals surface area contributed by atoms with Gasteiger partial charge in [-0.25, -0.2) is 0 Å². The average molecular weight is 274 g/mol. The molecule has 0 atom stereocenters. The van der Waals surface area contributed by atoms with Crippen molar-refractivity contribution in [2.75, 3.05) is 13.1 Å². The molecule has 1 aromatic carbocycles. The summed E-state index contributed by atoms with van der Waals surface area (Å²) in [6.45, 7) is 5.66. The first-order chi connectivity index (χ1) is 9.60. The molecular formula is C17H26N2O. The molecule has 20 heavy (non-hydrogen) atoms. The first-order valence-electron chi connectivity index (χ1n) is 7.74. The van der Waals surface area contributed by atoms with Crippen LogP contribution < -0.4 is 5.73 Å². The number of rotatable bonds is 4. The van der Waals surface area contributed by atoms with Gasteiger partial charge in [0.1, 0.15) is 0 Å². The average Bonchev–Trinajstić information content (AvgIpc) is 2.54. The van der Waals surface area contributed by atoms with Crippen molar-refractivity contribution in [3.63, 3.8) is 0 Å². The molecule has 0 saturated carbocycles. The van der Waals surface area contributed by atoms with E-state index in [1.165, 1.54) is 5.56 Å². The van der Waals surface area contributed by atoms with E-state index in [1.54, 1.807) is 0 Å². The van der Waals surface area contributed by atoms with Gasteiger partial charge in [-0.05, 0) is 37.2 Å². The minimum absolute atomic E-state index is 0.133. The maximum atomic E-state index is 12.5. The molecule has 0 radical (unpaired) electrons. The molecule has 1 saturated heterocycles. The van der Waals surface area contributed by atoms with E-state index in [2.05, 4.69) is 24.3 Å². The Morgan fingerprint density at radius 2 is 1.75 bits per heavy atom. The highest BCUT2D eigenvalue weighted by molar-refractivity contribution is 5.86. The molecule has 3 heteroatoms. The van der Waals surface area contributed by atoms with Crippen molar-refractivity contribution < 1.29 is 4.79 Å². The zero-order valence-corrected chi connectivity index (χ0v) is 12.6. The first-order valence-corrected chi connectivity index (χ1v) is 7.74. The second-order valence-corrected chi connectivity index (χ2v) is 5.84. The standard InChI is InChI=1S/C17H26N2O/c1-3-17(18,4-2)16(20)19-12-10-15(11-13-19)14-8-6-5-7-9-14/h5-9,15H,3-4,10-13,18H2,1-2H3. The van der Waals surface area contributed by atoms with E-state index in [4.69, 9.17) is 5.73 Å². The third kappa shape index (κ3) is 3.04. The number of hydrogen-bond acceptors (Lipinski definition) is 2. The number of carbonyl (C=O) groups is 1. The Balaban J connectivity index is 1.96. The summed E-state index contributed by atoms with van der Waals surface area (Å²) in [5, 5.41) is 0. The number of benzene rings is 1. The molecule has 0 unspecified atom stereocenters. The van der Waals surface area contributed by atoms with Crippen LogP contribution in [0.4, 0.5) is 0 Å². The molecule has 1 aliphatic heterocycles. The molecule has 110 valence electrons. The van der Waals surface area contributed by atoms with Crippen LogP contribution in [-0.2, 0) is 4.79 Å². The smallest absolute Gasteiger partial charge is 0.242 e. The van der Waals surface area contributed by atoms with Gasteiger partial charge in [-0.15, -0.1) is 0 Å². The van der Waals surface area contributed by atoms with Crippen molar-refractivity contribution in [3.8, 4) is 0 Å². The Morgan fingerprint density at radius 1 is 1.20 bits per heavy atom. The molecule has 0 aromatic heterocycles. The van der Waals surface area contributed by atoms with Gasteiger partial charge in [-0.2, -0.15) is 0 Å². The Bertz CT molecular complexity index is 432. The van der Waals surface area contributed by atoms with E-state index in [0.717, 1.165) is 25.9 Å². The summed E-state index contributed by atoms with van der Waals surface area (Å²) < 4.78 is 0. The molecule has 1 fully saturated rings. The minimum atomic E-state index is -0.667. The predicted molar refractivity (Wildman–Crippen MR) is 82.5 cm³/mol. The van der Waals surface area contributed by atoms with E-state index < -0.39 is 5.54 Å². The second kappa shape index (κ2) is 6.40. The van der Waals surface area contributed by atoms with Crippen LogP contribution in [0.25, 0.3) is 0 Å². The lowest BCUT2D eigenvalue weighted by molar-refractivity contribution is -0.138. The van der Waals surface area contributed by atoms with Gasteiger partial charge < -0.3 is 10.6 Å². The van der Waals surface area contributed by atoms with Gasteiger partial charge >= 0.3 is 0 Å².